The van der Waals surface area contributed by atoms with E-state index >= 15 is 0 Å². The van der Waals surface area contributed by atoms with E-state index in [1.54, 1.807) is 7.11 Å². The fourth-order valence-electron chi connectivity index (χ4n) is 3.73. The molecule has 0 spiro atoms. The van der Waals surface area contributed by atoms with Crippen LogP contribution in [0.2, 0.25) is 0 Å². The molecule has 0 aliphatic carbocycles. The molecule has 7 nitrogen and oxygen atoms in total. The second-order valence-corrected chi connectivity index (χ2v) is 8.04. The van der Waals surface area contributed by atoms with Gasteiger partial charge in [0.15, 0.2) is 5.11 Å². The maximum absolute atomic E-state index is 5.50. The molecule has 8 heteroatoms. The Hall–Kier alpha value is -3.39. The Morgan fingerprint density at radius 1 is 0.938 bits per heavy atom. The first-order valence-corrected chi connectivity index (χ1v) is 11.1. The third-order valence-corrected chi connectivity index (χ3v) is 5.72. The van der Waals surface area contributed by atoms with Crippen LogP contribution in [-0.2, 0) is 0 Å². The van der Waals surface area contributed by atoms with E-state index in [9.17, 15) is 0 Å². The Labute approximate surface area is 194 Å². The third kappa shape index (κ3) is 5.45. The number of anilines is 3. The largest absolute Gasteiger partial charge is 0.481 e. The minimum Gasteiger partial charge on any atom is -0.481 e. The second kappa shape index (κ2) is 10.3. The zero-order valence-electron chi connectivity index (χ0n) is 18.4. The van der Waals surface area contributed by atoms with Crippen LogP contribution in [-0.4, -0.2) is 48.4 Å². The molecule has 3 aromatic rings. The van der Waals surface area contributed by atoms with Crippen LogP contribution >= 0.6 is 12.2 Å². The van der Waals surface area contributed by atoms with Gasteiger partial charge < -0.3 is 25.2 Å². The molecule has 0 bridgehead atoms. The number of methoxy groups -OCH3 is 1. The van der Waals surface area contributed by atoms with Gasteiger partial charge in [0.1, 0.15) is 5.82 Å². The first-order chi connectivity index (χ1) is 15.6. The van der Waals surface area contributed by atoms with Gasteiger partial charge in [-0.25, -0.2) is 0 Å². The predicted octanol–water partition coefficient (Wildman–Crippen LogP) is 3.86. The number of para-hydroxylation sites is 1. The number of piperazine rings is 1. The van der Waals surface area contributed by atoms with Crippen molar-refractivity contribution in [1.82, 2.24) is 15.3 Å². The van der Waals surface area contributed by atoms with Crippen molar-refractivity contribution < 1.29 is 4.74 Å². The monoisotopic (exact) mass is 448 g/mol. The zero-order chi connectivity index (χ0) is 22.3. The molecule has 1 unspecified atom stereocenters. The molecule has 0 saturated carbocycles. The van der Waals surface area contributed by atoms with Crippen LogP contribution in [0.5, 0.6) is 5.88 Å². The lowest BCUT2D eigenvalue weighted by atomic mass is 10.1. The summed E-state index contributed by atoms with van der Waals surface area (Å²) in [5.74, 6) is 1.75. The third-order valence-electron chi connectivity index (χ3n) is 5.50. The first-order valence-electron chi connectivity index (χ1n) is 10.7. The molecule has 2 N–H and O–H groups in total. The molecule has 2 heterocycles. The van der Waals surface area contributed by atoms with E-state index in [4.69, 9.17) is 21.9 Å². The van der Waals surface area contributed by atoms with Crippen molar-refractivity contribution in [2.75, 3.05) is 48.4 Å². The minimum absolute atomic E-state index is 0.0624. The minimum atomic E-state index is 0.0624. The van der Waals surface area contributed by atoms with Gasteiger partial charge in [-0.05, 0) is 36.8 Å². The van der Waals surface area contributed by atoms with Crippen LogP contribution < -0.4 is 25.2 Å². The number of hydrogen-bond donors (Lipinski definition) is 2. The van der Waals surface area contributed by atoms with E-state index in [0.717, 1.165) is 37.6 Å². The van der Waals surface area contributed by atoms with Gasteiger partial charge in [-0.15, -0.1) is 0 Å². The number of aromatic nitrogens is 2. The lowest BCUT2D eigenvalue weighted by Gasteiger charge is -2.36. The van der Waals surface area contributed by atoms with E-state index in [-0.39, 0.29) is 6.04 Å². The molecule has 1 aliphatic heterocycles. The van der Waals surface area contributed by atoms with E-state index in [1.807, 2.05) is 30.3 Å². The van der Waals surface area contributed by atoms with Crippen molar-refractivity contribution in [2.24, 2.45) is 0 Å². The zero-order valence-corrected chi connectivity index (χ0v) is 19.2. The van der Waals surface area contributed by atoms with E-state index in [2.05, 4.69) is 68.7 Å². The summed E-state index contributed by atoms with van der Waals surface area (Å²) in [6.45, 7) is 5.64. The molecule has 0 amide bonds. The number of nitrogens with zero attached hydrogens (tertiary/aromatic N) is 4. The number of ether oxygens (including phenoxy) is 1. The Morgan fingerprint density at radius 2 is 1.56 bits per heavy atom. The smallest absolute Gasteiger partial charge is 0.234 e. The van der Waals surface area contributed by atoms with E-state index in [1.165, 1.54) is 5.69 Å². The number of thiocarbonyl (C=S) groups is 1. The topological polar surface area (TPSA) is 65.6 Å². The standard InChI is InChI=1S/C24H28N6OS/c1-18(19-9-5-3-6-10-19)25-24(32)28-23-26-21(17-22(27-23)31-2)30-15-13-29(14-16-30)20-11-7-4-8-12-20/h3-12,17-18H,13-16H2,1-2H3,(H2,25,26,27,28,32). The fourth-order valence-corrected chi connectivity index (χ4v) is 4.00. The molecule has 4 rings (SSSR count). The van der Waals surface area contributed by atoms with Crippen LogP contribution in [0.1, 0.15) is 18.5 Å². The number of benzene rings is 2. The van der Waals surface area contributed by atoms with Crippen LogP contribution in [0.15, 0.2) is 66.7 Å². The summed E-state index contributed by atoms with van der Waals surface area (Å²) in [6.07, 6.45) is 0. The molecule has 32 heavy (non-hydrogen) atoms. The lowest BCUT2D eigenvalue weighted by molar-refractivity contribution is 0.397. The van der Waals surface area contributed by atoms with Crippen LogP contribution in [0, 0.1) is 0 Å². The molecule has 1 aliphatic rings. The maximum atomic E-state index is 5.50. The van der Waals surface area contributed by atoms with Gasteiger partial charge in [0.2, 0.25) is 11.8 Å². The van der Waals surface area contributed by atoms with Crippen molar-refractivity contribution >= 4 is 34.8 Å². The highest BCUT2D eigenvalue weighted by molar-refractivity contribution is 7.80. The molecule has 166 valence electrons. The first kappa shape index (κ1) is 21.8. The summed E-state index contributed by atoms with van der Waals surface area (Å²) >= 11 is 5.50. The number of nitrogens with one attached hydrogen (secondary N) is 2. The average molecular weight is 449 g/mol. The van der Waals surface area contributed by atoms with E-state index in [0.29, 0.717) is 16.9 Å². The summed E-state index contributed by atoms with van der Waals surface area (Å²) in [6, 6.07) is 22.6. The summed E-state index contributed by atoms with van der Waals surface area (Å²) in [4.78, 5) is 13.8. The highest BCUT2D eigenvalue weighted by atomic mass is 32.1. The number of rotatable bonds is 6. The molecular weight excluding hydrogens is 420 g/mol. The summed E-state index contributed by atoms with van der Waals surface area (Å²) in [5, 5.41) is 6.86. The number of hydrogen-bond acceptors (Lipinski definition) is 6. The van der Waals surface area contributed by atoms with Gasteiger partial charge in [0.25, 0.3) is 0 Å². The SMILES string of the molecule is COc1cc(N2CCN(c3ccccc3)CC2)nc(NC(=S)NC(C)c2ccccc2)n1. The highest BCUT2D eigenvalue weighted by Crippen LogP contribution is 2.23. The van der Waals surface area contributed by atoms with Crippen LogP contribution in [0.3, 0.4) is 0 Å². The molecule has 1 aromatic heterocycles. The molecule has 1 saturated heterocycles. The van der Waals surface area contributed by atoms with Crippen molar-refractivity contribution in [3.05, 3.63) is 72.3 Å². The van der Waals surface area contributed by atoms with Gasteiger partial charge in [0.05, 0.1) is 13.2 Å². The van der Waals surface area contributed by atoms with Gasteiger partial charge in [0, 0.05) is 37.9 Å². The Kier molecular flexibility index (Phi) is 7.01. The van der Waals surface area contributed by atoms with Crippen molar-refractivity contribution in [2.45, 2.75) is 13.0 Å². The maximum Gasteiger partial charge on any atom is 0.234 e. The van der Waals surface area contributed by atoms with Gasteiger partial charge in [-0.1, -0.05) is 48.5 Å². The summed E-state index contributed by atoms with van der Waals surface area (Å²) < 4.78 is 5.42. The molecule has 2 aromatic carbocycles. The van der Waals surface area contributed by atoms with Crippen LogP contribution in [0.25, 0.3) is 0 Å². The summed E-state index contributed by atoms with van der Waals surface area (Å²) in [7, 11) is 1.61. The van der Waals surface area contributed by atoms with Crippen molar-refractivity contribution in [3.8, 4) is 5.88 Å². The highest BCUT2D eigenvalue weighted by Gasteiger charge is 2.20. The average Bonchev–Trinajstić information content (AvgIpc) is 2.85. The van der Waals surface area contributed by atoms with Crippen LogP contribution in [0.4, 0.5) is 17.5 Å². The Morgan fingerprint density at radius 3 is 2.22 bits per heavy atom. The normalized spacial score (nSPS) is 14.6. The Balaban J connectivity index is 1.41. The van der Waals surface area contributed by atoms with Gasteiger partial charge >= 0.3 is 0 Å². The summed E-state index contributed by atoms with van der Waals surface area (Å²) in [5.41, 5.74) is 2.40. The van der Waals surface area contributed by atoms with Crippen molar-refractivity contribution in [3.63, 3.8) is 0 Å². The molecule has 1 fully saturated rings. The quantitative estimate of drug-likeness (QED) is 0.551. The van der Waals surface area contributed by atoms with Crippen molar-refractivity contribution in [1.29, 1.82) is 0 Å². The fraction of sp³-hybridized carbons (Fsp3) is 0.292. The molecule has 1 atom stereocenters. The molecular formula is C24H28N6OS. The van der Waals surface area contributed by atoms with Gasteiger partial charge in [-0.3, -0.25) is 0 Å². The Bertz CT molecular complexity index is 1030. The predicted molar refractivity (Wildman–Crippen MR) is 134 cm³/mol. The van der Waals surface area contributed by atoms with E-state index < -0.39 is 0 Å². The second-order valence-electron chi connectivity index (χ2n) is 7.63. The van der Waals surface area contributed by atoms with Gasteiger partial charge in [-0.2, -0.15) is 9.97 Å². The molecule has 0 radical (unpaired) electrons. The lowest BCUT2D eigenvalue weighted by Crippen LogP contribution is -2.47.